The molecular formula is C13H13BrN2O2S. The molecule has 1 atom stereocenters. The number of carbonyl (C=O) groups excluding carboxylic acids is 1. The summed E-state index contributed by atoms with van der Waals surface area (Å²) in [7, 11) is 0. The summed E-state index contributed by atoms with van der Waals surface area (Å²) in [4.78, 5) is 15.5. The molecule has 0 aliphatic heterocycles. The lowest BCUT2D eigenvalue weighted by atomic mass is 10.1. The van der Waals surface area contributed by atoms with Crippen LogP contribution in [0.5, 0.6) is 0 Å². The Bertz CT molecular complexity index is 631. The van der Waals surface area contributed by atoms with Crippen molar-refractivity contribution in [3.63, 3.8) is 0 Å². The van der Waals surface area contributed by atoms with Crippen molar-refractivity contribution >= 4 is 33.2 Å². The molecule has 6 heteroatoms. The number of aromatic nitrogens is 1. The van der Waals surface area contributed by atoms with Gasteiger partial charge in [-0.3, -0.25) is 4.79 Å². The highest BCUT2D eigenvalue weighted by atomic mass is 79.9. The fourth-order valence-electron chi connectivity index (χ4n) is 1.64. The predicted molar refractivity (Wildman–Crippen MR) is 77.7 cm³/mol. The summed E-state index contributed by atoms with van der Waals surface area (Å²) < 4.78 is 2.75. The smallest absolute Gasteiger partial charge is 0.245 e. The van der Waals surface area contributed by atoms with Crippen LogP contribution in [0.4, 0.5) is 0 Å². The van der Waals surface area contributed by atoms with Crippen LogP contribution in [0.25, 0.3) is 0 Å². The molecular weight excluding hydrogens is 328 g/mol. The number of hydrogen-bond donors (Lipinski definition) is 1. The summed E-state index contributed by atoms with van der Waals surface area (Å²) in [5, 5.41) is 12.0. The van der Waals surface area contributed by atoms with Gasteiger partial charge in [-0.1, -0.05) is 28.1 Å². The van der Waals surface area contributed by atoms with Crippen LogP contribution < -0.4 is 4.80 Å². The van der Waals surface area contributed by atoms with E-state index in [9.17, 15) is 9.90 Å². The molecule has 1 aromatic heterocycles. The summed E-state index contributed by atoms with van der Waals surface area (Å²) in [6, 6.07) is 7.50. The number of halogens is 1. The van der Waals surface area contributed by atoms with Gasteiger partial charge in [-0.25, -0.2) is 0 Å². The molecule has 1 N–H and O–H groups in total. The molecule has 4 nitrogen and oxygen atoms in total. The van der Waals surface area contributed by atoms with Crippen LogP contribution in [0, 0.1) is 0 Å². The lowest BCUT2D eigenvalue weighted by Gasteiger charge is -2.11. The molecule has 0 saturated carbocycles. The van der Waals surface area contributed by atoms with Crippen LogP contribution >= 0.6 is 27.3 Å². The van der Waals surface area contributed by atoms with Crippen LogP contribution in [0.3, 0.4) is 0 Å². The first-order valence-corrected chi connectivity index (χ1v) is 7.36. The van der Waals surface area contributed by atoms with Gasteiger partial charge in [0.15, 0.2) is 4.80 Å². The molecule has 1 aromatic carbocycles. The molecule has 0 aliphatic carbocycles. The second-order valence-electron chi connectivity index (χ2n) is 4.04. The number of nitrogens with zero attached hydrogens (tertiary/aromatic N) is 2. The number of benzene rings is 1. The number of rotatable bonds is 3. The van der Waals surface area contributed by atoms with E-state index in [1.165, 1.54) is 18.3 Å². The molecule has 2 rings (SSSR count). The third-order valence-electron chi connectivity index (χ3n) is 2.54. The highest BCUT2D eigenvalue weighted by Crippen LogP contribution is 2.18. The molecule has 0 bridgehead atoms. The van der Waals surface area contributed by atoms with Crippen molar-refractivity contribution in [3.05, 3.63) is 50.7 Å². The monoisotopic (exact) mass is 340 g/mol. The van der Waals surface area contributed by atoms with Crippen molar-refractivity contribution in [1.82, 2.24) is 4.57 Å². The van der Waals surface area contributed by atoms with Crippen molar-refractivity contribution in [2.75, 3.05) is 0 Å². The number of thiazole rings is 1. The zero-order valence-electron chi connectivity index (χ0n) is 10.3. The molecule has 0 saturated heterocycles. The molecule has 19 heavy (non-hydrogen) atoms. The minimum Gasteiger partial charge on any atom is -0.387 e. The molecule has 0 radical (unpaired) electrons. The number of hydrogen-bond acceptors (Lipinski definition) is 3. The van der Waals surface area contributed by atoms with Crippen molar-refractivity contribution in [2.45, 2.75) is 19.6 Å². The predicted octanol–water partition coefficient (Wildman–Crippen LogP) is 2.49. The fourth-order valence-corrected chi connectivity index (χ4v) is 2.68. The van der Waals surface area contributed by atoms with Crippen LogP contribution in [0.2, 0.25) is 0 Å². The molecule has 2 aromatic rings. The van der Waals surface area contributed by atoms with Gasteiger partial charge in [0.25, 0.3) is 0 Å². The van der Waals surface area contributed by atoms with E-state index in [0.29, 0.717) is 11.3 Å². The van der Waals surface area contributed by atoms with Gasteiger partial charge in [0.2, 0.25) is 5.91 Å². The largest absolute Gasteiger partial charge is 0.387 e. The van der Waals surface area contributed by atoms with Gasteiger partial charge >= 0.3 is 0 Å². The number of carbonyl (C=O) groups is 1. The topological polar surface area (TPSA) is 54.6 Å². The van der Waals surface area contributed by atoms with Gasteiger partial charge in [-0.15, -0.1) is 11.3 Å². The number of amides is 1. The maximum atomic E-state index is 11.0. The van der Waals surface area contributed by atoms with E-state index in [2.05, 4.69) is 20.9 Å². The lowest BCUT2D eigenvalue weighted by molar-refractivity contribution is -0.116. The molecule has 1 unspecified atom stereocenters. The SMILES string of the molecule is CC(=O)N=c1sccn1CC(O)c1ccc(Br)cc1. The molecule has 0 aliphatic rings. The molecule has 0 spiro atoms. The Hall–Kier alpha value is -1.24. The third kappa shape index (κ3) is 3.86. The van der Waals surface area contributed by atoms with Crippen molar-refractivity contribution in [3.8, 4) is 0 Å². The maximum absolute atomic E-state index is 11.0. The van der Waals surface area contributed by atoms with E-state index in [0.717, 1.165) is 10.0 Å². The van der Waals surface area contributed by atoms with E-state index in [1.807, 2.05) is 35.8 Å². The number of aliphatic hydroxyl groups excluding tert-OH is 1. The van der Waals surface area contributed by atoms with Gasteiger partial charge in [0.05, 0.1) is 12.6 Å². The van der Waals surface area contributed by atoms with Crippen molar-refractivity contribution < 1.29 is 9.90 Å². The second kappa shape index (κ2) is 6.27. The van der Waals surface area contributed by atoms with Gasteiger partial charge < -0.3 is 9.67 Å². The quantitative estimate of drug-likeness (QED) is 0.933. The first-order chi connectivity index (χ1) is 9.06. The van der Waals surface area contributed by atoms with Crippen LogP contribution in [0.1, 0.15) is 18.6 Å². The highest BCUT2D eigenvalue weighted by Gasteiger charge is 2.09. The van der Waals surface area contributed by atoms with Crippen molar-refractivity contribution in [1.29, 1.82) is 0 Å². The van der Waals surface area contributed by atoms with Gasteiger partial charge in [-0.2, -0.15) is 4.99 Å². The van der Waals surface area contributed by atoms with Crippen LogP contribution in [-0.4, -0.2) is 15.6 Å². The van der Waals surface area contributed by atoms with Crippen molar-refractivity contribution in [2.24, 2.45) is 4.99 Å². The molecule has 0 fully saturated rings. The Balaban J connectivity index is 2.20. The maximum Gasteiger partial charge on any atom is 0.245 e. The normalized spacial score (nSPS) is 13.5. The second-order valence-corrected chi connectivity index (χ2v) is 5.82. The van der Waals surface area contributed by atoms with E-state index in [1.54, 1.807) is 4.57 Å². The Morgan fingerprint density at radius 1 is 1.47 bits per heavy atom. The Labute approximate surface area is 123 Å². The van der Waals surface area contributed by atoms with Gasteiger partial charge in [-0.05, 0) is 17.7 Å². The zero-order valence-corrected chi connectivity index (χ0v) is 12.7. The minimum absolute atomic E-state index is 0.241. The molecule has 100 valence electrons. The van der Waals surface area contributed by atoms with E-state index in [-0.39, 0.29) is 5.91 Å². The summed E-state index contributed by atoms with van der Waals surface area (Å²) >= 11 is 4.73. The van der Waals surface area contributed by atoms with Crippen LogP contribution in [0.15, 0.2) is 45.3 Å². The standard InChI is InChI=1S/C13H13BrN2O2S/c1-9(17)15-13-16(6-7-19-13)8-12(18)10-2-4-11(14)5-3-10/h2-7,12,18H,8H2,1H3. The molecule has 1 heterocycles. The van der Waals surface area contributed by atoms with Gasteiger partial charge in [0.1, 0.15) is 0 Å². The zero-order chi connectivity index (χ0) is 13.8. The summed E-state index contributed by atoms with van der Waals surface area (Å²) in [6.07, 6.45) is 1.18. The summed E-state index contributed by atoms with van der Waals surface area (Å²) in [6.45, 7) is 1.78. The molecule has 1 amide bonds. The van der Waals surface area contributed by atoms with Crippen LogP contribution in [-0.2, 0) is 11.3 Å². The first-order valence-electron chi connectivity index (χ1n) is 5.69. The Morgan fingerprint density at radius 2 is 2.16 bits per heavy atom. The number of aliphatic hydroxyl groups is 1. The minimum atomic E-state index is -0.631. The summed E-state index contributed by atoms with van der Waals surface area (Å²) in [5.41, 5.74) is 0.829. The van der Waals surface area contributed by atoms with E-state index in [4.69, 9.17) is 0 Å². The van der Waals surface area contributed by atoms with Gasteiger partial charge in [0, 0.05) is 23.0 Å². The van der Waals surface area contributed by atoms with E-state index >= 15 is 0 Å². The average molecular weight is 341 g/mol. The third-order valence-corrected chi connectivity index (χ3v) is 3.86. The first kappa shape index (κ1) is 14.2. The average Bonchev–Trinajstić information content (AvgIpc) is 2.76. The Morgan fingerprint density at radius 3 is 2.79 bits per heavy atom. The lowest BCUT2D eigenvalue weighted by Crippen LogP contribution is -2.19. The Kier molecular flexibility index (Phi) is 4.68. The van der Waals surface area contributed by atoms with E-state index < -0.39 is 6.10 Å². The summed E-state index contributed by atoms with van der Waals surface area (Å²) in [5.74, 6) is -0.241. The highest BCUT2D eigenvalue weighted by molar-refractivity contribution is 9.10. The fraction of sp³-hybridized carbons (Fsp3) is 0.231.